The highest BCUT2D eigenvalue weighted by molar-refractivity contribution is 5.70. The van der Waals surface area contributed by atoms with Crippen LogP contribution in [0.15, 0.2) is 24.3 Å². The first-order valence-corrected chi connectivity index (χ1v) is 5.17. The topological polar surface area (TPSA) is 72.5 Å². The monoisotopic (exact) mass is 223 g/mol. The molecule has 0 saturated carbocycles. The maximum Gasteiger partial charge on any atom is 0.308 e. The van der Waals surface area contributed by atoms with E-state index in [2.05, 4.69) is 0 Å². The Hall–Kier alpha value is -1.39. The van der Waals surface area contributed by atoms with Crippen LogP contribution in [0.1, 0.15) is 11.1 Å². The minimum Gasteiger partial charge on any atom is -0.481 e. The molecule has 0 spiro atoms. The van der Waals surface area contributed by atoms with E-state index in [1.807, 2.05) is 24.3 Å². The molecule has 0 heterocycles. The Morgan fingerprint density at radius 3 is 2.75 bits per heavy atom. The molecule has 88 valence electrons. The summed E-state index contributed by atoms with van der Waals surface area (Å²) in [5.74, 6) is -1.36. The average Bonchev–Trinajstić information content (AvgIpc) is 2.26. The molecule has 1 aromatic rings. The molecule has 0 aliphatic heterocycles. The van der Waals surface area contributed by atoms with Crippen LogP contribution in [0.4, 0.5) is 0 Å². The molecule has 3 N–H and O–H groups in total. The van der Waals surface area contributed by atoms with Crippen LogP contribution >= 0.6 is 0 Å². The van der Waals surface area contributed by atoms with E-state index < -0.39 is 11.9 Å². The number of carboxylic acid groups (broad SMARTS) is 1. The van der Waals surface area contributed by atoms with E-state index in [0.29, 0.717) is 13.0 Å². The predicted molar refractivity (Wildman–Crippen MR) is 61.0 cm³/mol. The van der Waals surface area contributed by atoms with E-state index in [4.69, 9.17) is 15.6 Å². The van der Waals surface area contributed by atoms with Gasteiger partial charge in [0.1, 0.15) is 0 Å². The summed E-state index contributed by atoms with van der Waals surface area (Å²) in [6.07, 6.45) is 0.462. The van der Waals surface area contributed by atoms with Gasteiger partial charge in [-0.1, -0.05) is 24.3 Å². The lowest BCUT2D eigenvalue weighted by atomic mass is 9.98. The second kappa shape index (κ2) is 6.25. The Bertz CT molecular complexity index is 352. The summed E-state index contributed by atoms with van der Waals surface area (Å²) in [6, 6.07) is 7.71. The molecule has 0 radical (unpaired) electrons. The van der Waals surface area contributed by atoms with Crippen molar-refractivity contribution in [1.29, 1.82) is 0 Å². The van der Waals surface area contributed by atoms with Gasteiger partial charge in [-0.25, -0.2) is 0 Å². The largest absolute Gasteiger partial charge is 0.481 e. The number of benzene rings is 1. The zero-order valence-electron chi connectivity index (χ0n) is 9.35. The highest BCUT2D eigenvalue weighted by atomic mass is 16.5. The van der Waals surface area contributed by atoms with Gasteiger partial charge in [0.2, 0.25) is 0 Å². The minimum atomic E-state index is -0.848. The summed E-state index contributed by atoms with van der Waals surface area (Å²) in [5, 5.41) is 8.90. The van der Waals surface area contributed by atoms with Crippen molar-refractivity contribution >= 4 is 5.97 Å². The quantitative estimate of drug-likeness (QED) is 0.755. The molecule has 4 heteroatoms. The van der Waals surface area contributed by atoms with Gasteiger partial charge in [-0.3, -0.25) is 4.79 Å². The standard InChI is InChI=1S/C12H17NO3/c1-16-8-10-4-2-3-9(5-10)6-11(7-13)12(14)15/h2-5,11H,6-8,13H2,1H3,(H,14,15). The van der Waals surface area contributed by atoms with Crippen molar-refractivity contribution in [2.75, 3.05) is 13.7 Å². The molecule has 0 aliphatic carbocycles. The summed E-state index contributed by atoms with van der Waals surface area (Å²) in [5.41, 5.74) is 7.43. The van der Waals surface area contributed by atoms with Crippen molar-refractivity contribution in [3.05, 3.63) is 35.4 Å². The van der Waals surface area contributed by atoms with Crippen LogP contribution < -0.4 is 5.73 Å². The van der Waals surface area contributed by atoms with Gasteiger partial charge in [-0.15, -0.1) is 0 Å². The lowest BCUT2D eigenvalue weighted by Gasteiger charge is -2.10. The molecule has 1 rings (SSSR count). The molecule has 0 amide bonds. The van der Waals surface area contributed by atoms with Gasteiger partial charge in [0.15, 0.2) is 0 Å². The van der Waals surface area contributed by atoms with Crippen LogP contribution in [-0.4, -0.2) is 24.7 Å². The summed E-state index contributed by atoms with van der Waals surface area (Å²) in [6.45, 7) is 0.693. The lowest BCUT2D eigenvalue weighted by Crippen LogP contribution is -2.25. The highest BCUT2D eigenvalue weighted by Gasteiger charge is 2.15. The Morgan fingerprint density at radius 1 is 1.50 bits per heavy atom. The van der Waals surface area contributed by atoms with Crippen molar-refractivity contribution < 1.29 is 14.6 Å². The van der Waals surface area contributed by atoms with Crippen molar-refractivity contribution in [2.24, 2.45) is 11.7 Å². The Kier molecular flexibility index (Phi) is 4.95. The van der Waals surface area contributed by atoms with Crippen LogP contribution in [0.2, 0.25) is 0 Å². The fourth-order valence-electron chi connectivity index (χ4n) is 1.57. The van der Waals surface area contributed by atoms with Crippen molar-refractivity contribution in [2.45, 2.75) is 13.0 Å². The molecule has 1 unspecified atom stereocenters. The number of nitrogens with two attached hydrogens (primary N) is 1. The maximum atomic E-state index is 10.8. The van der Waals surface area contributed by atoms with Gasteiger partial charge in [0.05, 0.1) is 12.5 Å². The van der Waals surface area contributed by atoms with Crippen LogP contribution in [0.25, 0.3) is 0 Å². The number of carboxylic acids is 1. The van der Waals surface area contributed by atoms with Crippen molar-refractivity contribution in [3.63, 3.8) is 0 Å². The first-order chi connectivity index (χ1) is 7.67. The summed E-state index contributed by atoms with van der Waals surface area (Å²) >= 11 is 0. The number of carbonyl (C=O) groups is 1. The van der Waals surface area contributed by atoms with Crippen LogP contribution in [-0.2, 0) is 22.6 Å². The molecule has 1 atom stereocenters. The van der Waals surface area contributed by atoms with Crippen molar-refractivity contribution in [1.82, 2.24) is 0 Å². The molecule has 4 nitrogen and oxygen atoms in total. The molecule has 1 aromatic carbocycles. The molecule has 0 aliphatic rings. The molecule has 0 fully saturated rings. The zero-order valence-corrected chi connectivity index (χ0v) is 9.35. The lowest BCUT2D eigenvalue weighted by molar-refractivity contribution is -0.141. The van der Waals surface area contributed by atoms with Gasteiger partial charge in [0, 0.05) is 13.7 Å². The molecule has 0 aromatic heterocycles. The first kappa shape index (κ1) is 12.7. The summed E-state index contributed by atoms with van der Waals surface area (Å²) in [7, 11) is 1.63. The van der Waals surface area contributed by atoms with Gasteiger partial charge in [0.25, 0.3) is 0 Å². The highest BCUT2D eigenvalue weighted by Crippen LogP contribution is 2.11. The smallest absolute Gasteiger partial charge is 0.308 e. The van der Waals surface area contributed by atoms with Crippen LogP contribution in [0, 0.1) is 5.92 Å². The number of methoxy groups -OCH3 is 1. The third-order valence-corrected chi connectivity index (χ3v) is 2.42. The van der Waals surface area contributed by atoms with E-state index >= 15 is 0 Å². The van der Waals surface area contributed by atoms with E-state index in [-0.39, 0.29) is 6.54 Å². The summed E-state index contributed by atoms with van der Waals surface area (Å²) in [4.78, 5) is 10.8. The van der Waals surface area contributed by atoms with Crippen LogP contribution in [0.3, 0.4) is 0 Å². The first-order valence-electron chi connectivity index (χ1n) is 5.17. The zero-order chi connectivity index (χ0) is 12.0. The Balaban J connectivity index is 2.72. The number of hydrogen-bond donors (Lipinski definition) is 2. The number of ether oxygens (including phenoxy) is 1. The predicted octanol–water partition coefficient (Wildman–Crippen LogP) is 1.03. The fourth-order valence-corrected chi connectivity index (χ4v) is 1.57. The normalized spacial score (nSPS) is 12.4. The van der Waals surface area contributed by atoms with E-state index in [9.17, 15) is 4.79 Å². The van der Waals surface area contributed by atoms with E-state index in [1.54, 1.807) is 7.11 Å². The molecule has 0 bridgehead atoms. The van der Waals surface area contributed by atoms with E-state index in [0.717, 1.165) is 11.1 Å². The van der Waals surface area contributed by atoms with Gasteiger partial charge >= 0.3 is 5.97 Å². The third-order valence-electron chi connectivity index (χ3n) is 2.42. The minimum absolute atomic E-state index is 0.157. The fraction of sp³-hybridized carbons (Fsp3) is 0.417. The second-order valence-electron chi connectivity index (χ2n) is 3.73. The number of aliphatic carboxylic acids is 1. The van der Waals surface area contributed by atoms with E-state index in [1.165, 1.54) is 0 Å². The molecule has 0 saturated heterocycles. The Labute approximate surface area is 95.0 Å². The maximum absolute atomic E-state index is 10.8. The van der Waals surface area contributed by atoms with Gasteiger partial charge < -0.3 is 15.6 Å². The second-order valence-corrected chi connectivity index (χ2v) is 3.73. The summed E-state index contributed by atoms with van der Waals surface area (Å²) < 4.78 is 5.02. The van der Waals surface area contributed by atoms with Gasteiger partial charge in [-0.05, 0) is 17.5 Å². The van der Waals surface area contributed by atoms with Gasteiger partial charge in [-0.2, -0.15) is 0 Å². The number of hydrogen-bond acceptors (Lipinski definition) is 3. The molecular formula is C12H17NO3. The van der Waals surface area contributed by atoms with Crippen LogP contribution in [0.5, 0.6) is 0 Å². The SMILES string of the molecule is COCc1cccc(CC(CN)C(=O)O)c1. The Morgan fingerprint density at radius 2 is 2.19 bits per heavy atom. The van der Waals surface area contributed by atoms with Crippen molar-refractivity contribution in [3.8, 4) is 0 Å². The third kappa shape index (κ3) is 3.64. The molecular weight excluding hydrogens is 206 g/mol. The number of rotatable bonds is 6. The average molecular weight is 223 g/mol. The molecule has 16 heavy (non-hydrogen) atoms.